The van der Waals surface area contributed by atoms with E-state index in [1.54, 1.807) is 11.8 Å². The molecule has 1 amide bonds. The number of aromatic nitrogens is 1. The van der Waals surface area contributed by atoms with Gasteiger partial charge in [0.2, 0.25) is 0 Å². The number of nitrogens with one attached hydrogen (secondary N) is 1. The third kappa shape index (κ3) is 9.04. The van der Waals surface area contributed by atoms with E-state index in [-0.39, 0.29) is 5.54 Å². The lowest BCUT2D eigenvalue weighted by Crippen LogP contribution is -2.52. The van der Waals surface area contributed by atoms with Crippen LogP contribution in [0.3, 0.4) is 0 Å². The summed E-state index contributed by atoms with van der Waals surface area (Å²) in [6.07, 6.45) is 2.43. The fourth-order valence-electron chi connectivity index (χ4n) is 5.52. The van der Waals surface area contributed by atoms with E-state index in [9.17, 15) is 25.2 Å². The molecular weight excluding hydrogens is 642 g/mol. The van der Waals surface area contributed by atoms with Crippen LogP contribution in [0.5, 0.6) is 5.75 Å². The first kappa shape index (κ1) is 35.6. The molecule has 1 heterocycles. The summed E-state index contributed by atoms with van der Waals surface area (Å²) in [6, 6.07) is 16.3. The van der Waals surface area contributed by atoms with Crippen LogP contribution in [0.2, 0.25) is 5.02 Å². The zero-order valence-corrected chi connectivity index (χ0v) is 28.0. The zero-order chi connectivity index (χ0) is 33.6. The highest BCUT2D eigenvalue weighted by molar-refractivity contribution is 7.99. The molecule has 3 aromatic rings. The van der Waals surface area contributed by atoms with Crippen LogP contribution >= 0.6 is 23.4 Å². The number of likely N-dealkylation sites (N-methyl/N-ethyl adjacent to an activating group) is 1. The van der Waals surface area contributed by atoms with E-state index in [1.165, 1.54) is 11.9 Å². The van der Waals surface area contributed by atoms with Gasteiger partial charge in [0, 0.05) is 53.6 Å². The van der Waals surface area contributed by atoms with Crippen LogP contribution in [0.15, 0.2) is 65.8 Å². The zero-order valence-electron chi connectivity index (χ0n) is 26.5. The molecule has 12 heteroatoms. The van der Waals surface area contributed by atoms with Crippen molar-refractivity contribution >= 4 is 29.3 Å². The Morgan fingerprint density at radius 1 is 1.09 bits per heavy atom. The number of halogens is 1. The van der Waals surface area contributed by atoms with Gasteiger partial charge in [0.15, 0.2) is 6.10 Å². The standard InChI is InChI=1S/C35H44ClN3O7S/c1-39(34(45)33(44)32(43)31(42)29(41)21-40)16-4-5-17-47-24-10-11-28(36)22(18-24)19-38-35(13-14-35)27-20-37-15-12-25(27)26-6-2-3-7-30(26)46-23-8-9-23/h2-3,6-7,10-12,15,18,20,23,29,31-33,38,40-44H,4-5,8-9,13-14,16-17,19,21H2,1H3/t29-,31+,32-,33-/m0/s1. The monoisotopic (exact) mass is 685 g/mol. The van der Waals surface area contributed by atoms with Crippen LogP contribution in [0.4, 0.5) is 0 Å². The highest BCUT2D eigenvalue weighted by atomic mass is 35.5. The van der Waals surface area contributed by atoms with Gasteiger partial charge in [0.25, 0.3) is 5.91 Å². The van der Waals surface area contributed by atoms with E-state index in [1.807, 2.05) is 42.7 Å². The van der Waals surface area contributed by atoms with Crippen molar-refractivity contribution in [2.75, 3.05) is 26.0 Å². The lowest BCUT2D eigenvalue weighted by Gasteiger charge is -2.28. The molecule has 0 spiro atoms. The van der Waals surface area contributed by atoms with Crippen LogP contribution in [0.1, 0.15) is 49.7 Å². The summed E-state index contributed by atoms with van der Waals surface area (Å²) in [6.45, 7) is 0.136. The number of benzene rings is 2. The molecule has 0 bridgehead atoms. The second-order valence-corrected chi connectivity index (χ2v) is 14.0. The van der Waals surface area contributed by atoms with Crippen LogP contribution in [-0.2, 0) is 16.9 Å². The number of para-hydroxylation sites is 1. The molecule has 0 saturated heterocycles. The fraction of sp³-hybridized carbons (Fsp3) is 0.486. The molecule has 2 fully saturated rings. The normalized spacial score (nSPS) is 17.9. The summed E-state index contributed by atoms with van der Waals surface area (Å²) >= 11 is 8.33. The van der Waals surface area contributed by atoms with E-state index in [0.717, 1.165) is 70.8 Å². The van der Waals surface area contributed by atoms with Crippen molar-refractivity contribution < 1.29 is 35.1 Å². The molecule has 6 N–H and O–H groups in total. The van der Waals surface area contributed by atoms with Crippen molar-refractivity contribution in [3.8, 4) is 16.9 Å². The van der Waals surface area contributed by atoms with Gasteiger partial charge in [-0.25, -0.2) is 0 Å². The Balaban J connectivity index is 1.13. The Morgan fingerprint density at radius 2 is 1.85 bits per heavy atom. The first-order chi connectivity index (χ1) is 22.6. The van der Waals surface area contributed by atoms with Gasteiger partial charge in [-0.1, -0.05) is 29.8 Å². The minimum atomic E-state index is -1.92. The number of unbranched alkanes of at least 4 members (excludes halogenated alkanes) is 1. The van der Waals surface area contributed by atoms with Crippen molar-refractivity contribution in [1.82, 2.24) is 15.2 Å². The summed E-state index contributed by atoms with van der Waals surface area (Å²) in [5.74, 6) is 0.941. The Hall–Kier alpha value is -2.74. The molecule has 2 aliphatic rings. The summed E-state index contributed by atoms with van der Waals surface area (Å²) in [7, 11) is 1.50. The number of carbonyl (C=O) groups excluding carboxylic acids is 1. The van der Waals surface area contributed by atoms with E-state index in [0.29, 0.717) is 30.6 Å². The van der Waals surface area contributed by atoms with Gasteiger partial charge < -0.3 is 40.5 Å². The number of hydrogen-bond donors (Lipinski definition) is 6. The first-order valence-electron chi connectivity index (χ1n) is 16.1. The molecule has 254 valence electrons. The SMILES string of the molecule is CN(CCCCSc1ccc(Cl)c(CNC2(c3cnccc3-c3ccccc3OC3CC3)CC2)c1)C(=O)[C@@H](O)[C@@H](O)[C@H](O)[C@@H](O)CO. The Kier molecular flexibility index (Phi) is 12.2. The number of aliphatic hydroxyl groups is 5. The summed E-state index contributed by atoms with van der Waals surface area (Å²) in [5.41, 5.74) is 4.21. The molecule has 5 rings (SSSR count). The maximum absolute atomic E-state index is 12.5. The molecule has 0 unspecified atom stereocenters. The number of ether oxygens (including phenoxy) is 1. The summed E-state index contributed by atoms with van der Waals surface area (Å²) in [5, 5.41) is 52.8. The molecule has 0 aliphatic heterocycles. The predicted molar refractivity (Wildman–Crippen MR) is 181 cm³/mol. The van der Waals surface area contributed by atoms with Crippen LogP contribution in [0, 0.1) is 0 Å². The van der Waals surface area contributed by atoms with Crippen molar-refractivity contribution in [3.63, 3.8) is 0 Å². The van der Waals surface area contributed by atoms with E-state index in [2.05, 4.69) is 28.5 Å². The van der Waals surface area contributed by atoms with Gasteiger partial charge in [-0.15, -0.1) is 11.8 Å². The van der Waals surface area contributed by atoms with Crippen molar-refractivity contribution in [2.24, 2.45) is 0 Å². The third-order valence-electron chi connectivity index (χ3n) is 8.76. The minimum absolute atomic E-state index is 0.188. The maximum Gasteiger partial charge on any atom is 0.253 e. The Labute approximate surface area is 284 Å². The number of rotatable bonds is 18. The highest BCUT2D eigenvalue weighted by Gasteiger charge is 2.46. The van der Waals surface area contributed by atoms with Crippen molar-refractivity contribution in [1.29, 1.82) is 0 Å². The molecule has 1 aromatic heterocycles. The quantitative estimate of drug-likeness (QED) is 0.0866. The number of nitrogens with zero attached hydrogens (tertiary/aromatic N) is 2. The van der Waals surface area contributed by atoms with Crippen LogP contribution in [-0.4, -0.2) is 97.8 Å². The number of amides is 1. The van der Waals surface area contributed by atoms with Crippen molar-refractivity contribution in [2.45, 2.75) is 86.0 Å². The Morgan fingerprint density at radius 3 is 2.57 bits per heavy atom. The third-order valence-corrected chi connectivity index (χ3v) is 10.2. The highest BCUT2D eigenvalue weighted by Crippen LogP contribution is 2.50. The fourth-order valence-corrected chi connectivity index (χ4v) is 6.68. The minimum Gasteiger partial charge on any atom is -0.490 e. The molecule has 4 atom stereocenters. The maximum atomic E-state index is 12.5. The van der Waals surface area contributed by atoms with E-state index >= 15 is 0 Å². The number of carbonyl (C=O) groups is 1. The summed E-state index contributed by atoms with van der Waals surface area (Å²) < 4.78 is 6.24. The second-order valence-electron chi connectivity index (χ2n) is 12.4. The van der Waals surface area contributed by atoms with E-state index in [4.69, 9.17) is 21.4 Å². The van der Waals surface area contributed by atoms with E-state index < -0.39 is 36.9 Å². The lowest BCUT2D eigenvalue weighted by atomic mass is 9.94. The van der Waals surface area contributed by atoms with Crippen LogP contribution < -0.4 is 10.1 Å². The molecule has 10 nitrogen and oxygen atoms in total. The number of aliphatic hydroxyl groups excluding tert-OH is 5. The van der Waals surface area contributed by atoms with Gasteiger partial charge in [-0.3, -0.25) is 9.78 Å². The van der Waals surface area contributed by atoms with Gasteiger partial charge >= 0.3 is 0 Å². The summed E-state index contributed by atoms with van der Waals surface area (Å²) in [4.78, 5) is 19.3. The molecule has 2 aromatic carbocycles. The second kappa shape index (κ2) is 16.1. The van der Waals surface area contributed by atoms with Gasteiger partial charge in [-0.05, 0) is 91.3 Å². The van der Waals surface area contributed by atoms with Crippen molar-refractivity contribution in [3.05, 3.63) is 77.1 Å². The molecular formula is C35H44ClN3O7S. The van der Waals surface area contributed by atoms with Gasteiger partial charge in [0.1, 0.15) is 24.1 Å². The van der Waals surface area contributed by atoms with Gasteiger partial charge in [0.05, 0.1) is 12.7 Å². The lowest BCUT2D eigenvalue weighted by molar-refractivity contribution is -0.157. The predicted octanol–water partition coefficient (Wildman–Crippen LogP) is 3.49. The topological polar surface area (TPSA) is 156 Å². The van der Waals surface area contributed by atoms with Crippen LogP contribution in [0.25, 0.3) is 11.1 Å². The first-order valence-corrected chi connectivity index (χ1v) is 17.4. The molecule has 2 aliphatic carbocycles. The molecule has 47 heavy (non-hydrogen) atoms. The largest absolute Gasteiger partial charge is 0.490 e. The smallest absolute Gasteiger partial charge is 0.253 e. The average Bonchev–Trinajstić information content (AvgIpc) is 4.04. The number of thioether (sulfide) groups is 1. The molecule has 2 saturated carbocycles. The molecule has 0 radical (unpaired) electrons. The number of pyridine rings is 1. The number of hydrogen-bond acceptors (Lipinski definition) is 10. The average molecular weight is 686 g/mol. The Bertz CT molecular complexity index is 1510. The van der Waals surface area contributed by atoms with Gasteiger partial charge in [-0.2, -0.15) is 0 Å².